The second-order valence-electron chi connectivity index (χ2n) is 7.47. The summed E-state index contributed by atoms with van der Waals surface area (Å²) in [5, 5.41) is 4.93. The van der Waals surface area contributed by atoms with Crippen LogP contribution in [-0.4, -0.2) is 72.1 Å². The zero-order valence-electron chi connectivity index (χ0n) is 17.8. The maximum absolute atomic E-state index is 13.6. The molecule has 0 aliphatic carbocycles. The molecule has 1 saturated heterocycles. The number of amides is 1. The molecule has 1 amide bonds. The number of hydrogen-bond acceptors (Lipinski definition) is 7. The van der Waals surface area contributed by atoms with Gasteiger partial charge in [0, 0.05) is 33.2 Å². The Bertz CT molecular complexity index is 1040. The minimum atomic E-state index is -0.0866. The van der Waals surface area contributed by atoms with E-state index in [-0.39, 0.29) is 5.91 Å². The largest absolute Gasteiger partial charge is 0.494 e. The van der Waals surface area contributed by atoms with Crippen molar-refractivity contribution >= 4 is 32.6 Å². The van der Waals surface area contributed by atoms with Crippen molar-refractivity contribution in [1.82, 2.24) is 19.7 Å². The third-order valence-corrected chi connectivity index (χ3v) is 6.67. The first-order chi connectivity index (χ1) is 14.5. The zero-order chi connectivity index (χ0) is 21.3. The molecule has 2 aromatic heterocycles. The van der Waals surface area contributed by atoms with Gasteiger partial charge < -0.3 is 9.47 Å². The van der Waals surface area contributed by atoms with Crippen molar-refractivity contribution < 1.29 is 14.3 Å². The van der Waals surface area contributed by atoms with E-state index in [2.05, 4.69) is 16.9 Å². The quantitative estimate of drug-likeness (QED) is 0.600. The lowest BCUT2D eigenvalue weighted by Gasteiger charge is -2.29. The lowest BCUT2D eigenvalue weighted by molar-refractivity contribution is 0.0391. The average Bonchev–Trinajstić information content (AvgIpc) is 3.33. The molecular weight excluding hydrogens is 402 g/mol. The molecule has 1 aliphatic heterocycles. The van der Waals surface area contributed by atoms with Crippen LogP contribution in [0.4, 0.5) is 5.13 Å². The molecule has 8 nitrogen and oxygen atoms in total. The molecular formula is C21H27N5O3S. The van der Waals surface area contributed by atoms with Gasteiger partial charge in [-0.15, -0.1) is 0 Å². The molecule has 30 heavy (non-hydrogen) atoms. The van der Waals surface area contributed by atoms with Gasteiger partial charge >= 0.3 is 0 Å². The molecule has 0 bridgehead atoms. The summed E-state index contributed by atoms with van der Waals surface area (Å²) in [5.74, 6) is 0.631. The number of carbonyl (C=O) groups is 1. The summed E-state index contributed by atoms with van der Waals surface area (Å²) in [6, 6.07) is 3.95. The lowest BCUT2D eigenvalue weighted by Crippen LogP contribution is -2.43. The molecule has 0 unspecified atom stereocenters. The van der Waals surface area contributed by atoms with Gasteiger partial charge in [-0.25, -0.2) is 4.98 Å². The highest BCUT2D eigenvalue weighted by atomic mass is 32.1. The highest BCUT2D eigenvalue weighted by molar-refractivity contribution is 7.22. The molecule has 1 fully saturated rings. The number of benzene rings is 1. The van der Waals surface area contributed by atoms with E-state index in [0.717, 1.165) is 59.9 Å². The smallest absolute Gasteiger partial charge is 0.278 e. The van der Waals surface area contributed by atoms with E-state index in [1.165, 1.54) is 11.3 Å². The number of rotatable bonds is 6. The number of fused-ring (bicyclic) bond motifs is 1. The highest BCUT2D eigenvalue weighted by Gasteiger charge is 2.27. The summed E-state index contributed by atoms with van der Waals surface area (Å²) in [5.41, 5.74) is 3.35. The van der Waals surface area contributed by atoms with Crippen molar-refractivity contribution in [3.05, 3.63) is 35.2 Å². The van der Waals surface area contributed by atoms with Crippen LogP contribution in [0.25, 0.3) is 10.2 Å². The Kier molecular flexibility index (Phi) is 6.03. The molecule has 160 valence electrons. The number of thiazole rings is 1. The maximum Gasteiger partial charge on any atom is 0.278 e. The predicted octanol–water partition coefficient (Wildman–Crippen LogP) is 2.63. The first kappa shape index (κ1) is 20.8. The van der Waals surface area contributed by atoms with Crippen molar-refractivity contribution in [3.8, 4) is 5.75 Å². The van der Waals surface area contributed by atoms with Crippen LogP contribution in [0.1, 0.15) is 21.6 Å². The van der Waals surface area contributed by atoms with Gasteiger partial charge in [0.1, 0.15) is 17.0 Å². The Morgan fingerprint density at radius 1 is 1.27 bits per heavy atom. The van der Waals surface area contributed by atoms with Gasteiger partial charge in [-0.1, -0.05) is 17.4 Å². The van der Waals surface area contributed by atoms with Gasteiger partial charge in [0.2, 0.25) is 0 Å². The molecule has 0 N–H and O–H groups in total. The molecule has 9 heteroatoms. The molecule has 0 saturated carbocycles. The second kappa shape index (κ2) is 8.71. The Morgan fingerprint density at radius 2 is 2.03 bits per heavy atom. The summed E-state index contributed by atoms with van der Waals surface area (Å²) in [6.07, 6.45) is 1.72. The predicted molar refractivity (Wildman–Crippen MR) is 118 cm³/mol. The maximum atomic E-state index is 13.6. The molecule has 0 atom stereocenters. The van der Waals surface area contributed by atoms with Gasteiger partial charge in [0.25, 0.3) is 5.91 Å². The molecule has 0 spiro atoms. The van der Waals surface area contributed by atoms with Crippen LogP contribution >= 0.6 is 11.3 Å². The van der Waals surface area contributed by atoms with Crippen LogP contribution in [0.5, 0.6) is 5.75 Å². The molecule has 3 aromatic rings. The van der Waals surface area contributed by atoms with Crippen LogP contribution in [0.2, 0.25) is 0 Å². The monoisotopic (exact) mass is 429 g/mol. The Hall–Kier alpha value is -2.49. The van der Waals surface area contributed by atoms with Gasteiger partial charge in [-0.3, -0.25) is 19.3 Å². The standard InChI is InChI=1S/C21H27N5O3S/c1-14-5-6-16(28-4)17-19(14)30-21(23-17)26(8-7-25-9-11-29-12-10-25)20(27)18-15(2)13-22-24(18)3/h5-6,13H,7-12H2,1-4H3. The number of aryl methyl sites for hydroxylation is 3. The molecule has 1 aromatic carbocycles. The average molecular weight is 430 g/mol. The summed E-state index contributed by atoms with van der Waals surface area (Å²) in [6.45, 7) is 8.47. The number of hydrogen-bond donors (Lipinski definition) is 0. The summed E-state index contributed by atoms with van der Waals surface area (Å²) < 4.78 is 13.6. The minimum absolute atomic E-state index is 0.0866. The second-order valence-corrected chi connectivity index (χ2v) is 8.45. The van der Waals surface area contributed by atoms with Crippen molar-refractivity contribution in [2.75, 3.05) is 51.4 Å². The number of ether oxygens (including phenoxy) is 2. The normalized spacial score (nSPS) is 14.9. The van der Waals surface area contributed by atoms with Crippen LogP contribution in [0.3, 0.4) is 0 Å². The number of morpholine rings is 1. The van der Waals surface area contributed by atoms with Gasteiger partial charge in [0.05, 0.1) is 31.2 Å². The van der Waals surface area contributed by atoms with Crippen LogP contribution in [0.15, 0.2) is 18.3 Å². The van der Waals surface area contributed by atoms with Crippen LogP contribution in [0, 0.1) is 13.8 Å². The number of aromatic nitrogens is 3. The highest BCUT2D eigenvalue weighted by Crippen LogP contribution is 2.36. The van der Waals surface area contributed by atoms with Crippen molar-refractivity contribution in [2.45, 2.75) is 13.8 Å². The molecule has 1 aliphatic rings. The topological polar surface area (TPSA) is 72.7 Å². The minimum Gasteiger partial charge on any atom is -0.494 e. The van der Waals surface area contributed by atoms with Crippen molar-refractivity contribution in [2.24, 2.45) is 7.05 Å². The molecule has 3 heterocycles. The Balaban J connectivity index is 1.72. The first-order valence-electron chi connectivity index (χ1n) is 10.0. The fourth-order valence-corrected chi connectivity index (χ4v) is 4.79. The van der Waals surface area contributed by atoms with Crippen molar-refractivity contribution in [1.29, 1.82) is 0 Å². The number of methoxy groups -OCH3 is 1. The number of nitrogens with zero attached hydrogens (tertiary/aromatic N) is 5. The van der Waals surface area contributed by atoms with E-state index < -0.39 is 0 Å². The first-order valence-corrected chi connectivity index (χ1v) is 10.9. The third-order valence-electron chi connectivity index (χ3n) is 5.46. The molecule has 4 rings (SSSR count). The SMILES string of the molecule is COc1ccc(C)c2sc(N(CCN3CCOCC3)C(=O)c3c(C)cnn3C)nc12. The zero-order valence-corrected chi connectivity index (χ0v) is 18.7. The van der Waals surface area contributed by atoms with E-state index in [1.54, 1.807) is 29.9 Å². The van der Waals surface area contributed by atoms with E-state index in [9.17, 15) is 4.79 Å². The summed E-state index contributed by atoms with van der Waals surface area (Å²) in [7, 11) is 3.44. The van der Waals surface area contributed by atoms with E-state index in [1.807, 2.05) is 19.1 Å². The van der Waals surface area contributed by atoms with Crippen LogP contribution in [-0.2, 0) is 11.8 Å². The van der Waals surface area contributed by atoms with E-state index >= 15 is 0 Å². The Labute approximate surface area is 180 Å². The molecule has 0 radical (unpaired) electrons. The number of carbonyl (C=O) groups excluding carboxylic acids is 1. The number of anilines is 1. The van der Waals surface area contributed by atoms with E-state index in [0.29, 0.717) is 17.4 Å². The summed E-state index contributed by atoms with van der Waals surface area (Å²) in [4.78, 5) is 22.5. The summed E-state index contributed by atoms with van der Waals surface area (Å²) >= 11 is 1.53. The third kappa shape index (κ3) is 3.92. The van der Waals surface area contributed by atoms with Gasteiger partial charge in [-0.2, -0.15) is 5.10 Å². The van der Waals surface area contributed by atoms with Gasteiger partial charge in [-0.05, 0) is 31.0 Å². The van der Waals surface area contributed by atoms with E-state index in [4.69, 9.17) is 14.5 Å². The Morgan fingerprint density at radius 3 is 2.70 bits per heavy atom. The van der Waals surface area contributed by atoms with Crippen molar-refractivity contribution in [3.63, 3.8) is 0 Å². The van der Waals surface area contributed by atoms with Gasteiger partial charge in [0.15, 0.2) is 5.13 Å². The fraction of sp³-hybridized carbons (Fsp3) is 0.476. The fourth-order valence-electron chi connectivity index (χ4n) is 3.71. The van der Waals surface area contributed by atoms with Crippen LogP contribution < -0.4 is 9.64 Å². The lowest BCUT2D eigenvalue weighted by atomic mass is 10.2.